The summed E-state index contributed by atoms with van der Waals surface area (Å²) in [5.74, 6) is 0.367. The van der Waals surface area contributed by atoms with Crippen LogP contribution in [0, 0.1) is 0 Å². The smallest absolute Gasteiger partial charge is 0.412 e. The van der Waals surface area contributed by atoms with Crippen molar-refractivity contribution >= 4 is 6.03 Å². The molecule has 0 aromatic carbocycles. The number of allylic oxidation sites excluding steroid dienone is 3. The Labute approximate surface area is 158 Å². The van der Waals surface area contributed by atoms with Crippen molar-refractivity contribution in [3.8, 4) is 0 Å². The van der Waals surface area contributed by atoms with Crippen molar-refractivity contribution in [2.45, 2.75) is 77.1 Å². The summed E-state index contributed by atoms with van der Waals surface area (Å²) in [6.45, 7) is 4.25. The Bertz CT molecular complexity index is 561. The molecule has 1 heterocycles. The molecule has 1 atom stereocenters. The lowest BCUT2D eigenvalue weighted by atomic mass is 9.96. The number of carbonyl (C=O) groups excluding carboxylic acids is 1. The summed E-state index contributed by atoms with van der Waals surface area (Å²) in [4.78, 5) is 12.4. The van der Waals surface area contributed by atoms with Gasteiger partial charge in [-0.05, 0) is 38.8 Å². The molecule has 27 heavy (non-hydrogen) atoms. The molecule has 0 aromatic heterocycles. The number of urea groups is 1. The maximum atomic E-state index is 13.0. The first-order valence-electron chi connectivity index (χ1n) is 9.73. The molecule has 0 radical (unpaired) electrons. The summed E-state index contributed by atoms with van der Waals surface area (Å²) >= 11 is 0. The molecule has 0 aromatic rings. The molecule has 1 unspecified atom stereocenters. The third-order valence-electron chi connectivity index (χ3n) is 4.94. The fourth-order valence-electron chi connectivity index (χ4n) is 3.34. The minimum atomic E-state index is -4.46. The molecule has 3 N–H and O–H groups in total. The van der Waals surface area contributed by atoms with Gasteiger partial charge in [0.15, 0.2) is 0 Å². The molecular weight excluding hydrogens is 359 g/mol. The van der Waals surface area contributed by atoms with Crippen LogP contribution in [0.15, 0.2) is 23.1 Å². The Kier molecular flexibility index (Phi) is 8.01. The molecule has 1 aliphatic heterocycles. The lowest BCUT2D eigenvalue weighted by Crippen LogP contribution is -2.42. The van der Waals surface area contributed by atoms with E-state index < -0.39 is 17.8 Å². The quantitative estimate of drug-likeness (QED) is 0.473. The molecule has 2 fully saturated rings. The molecule has 2 aliphatic rings. The van der Waals surface area contributed by atoms with E-state index in [-0.39, 0.29) is 17.8 Å². The van der Waals surface area contributed by atoms with Gasteiger partial charge >= 0.3 is 12.2 Å². The van der Waals surface area contributed by atoms with E-state index in [1.165, 1.54) is 0 Å². The van der Waals surface area contributed by atoms with Crippen molar-refractivity contribution < 1.29 is 22.7 Å². The number of nitrogens with one attached hydrogen (secondary N) is 3. The molecule has 5 nitrogen and oxygen atoms in total. The summed E-state index contributed by atoms with van der Waals surface area (Å²) in [7, 11) is 0. The number of ether oxygens (including phenoxy) is 1. The van der Waals surface area contributed by atoms with Gasteiger partial charge in [0.25, 0.3) is 0 Å². The summed E-state index contributed by atoms with van der Waals surface area (Å²) in [5.41, 5.74) is -0.706. The second-order valence-electron chi connectivity index (χ2n) is 7.18. The van der Waals surface area contributed by atoms with Crippen LogP contribution in [-0.2, 0) is 4.74 Å². The van der Waals surface area contributed by atoms with Crippen LogP contribution in [0.25, 0.3) is 0 Å². The molecule has 2 rings (SSSR count). The highest BCUT2D eigenvalue weighted by Crippen LogP contribution is 2.27. The van der Waals surface area contributed by atoms with Gasteiger partial charge in [-0.1, -0.05) is 26.2 Å². The SMILES string of the molecule is CC/C(OC1CCNC1)=C(\C=C(/C)C(F)(F)F)NC(=O)NC1CCCCC1. The van der Waals surface area contributed by atoms with Crippen LogP contribution in [0.2, 0.25) is 0 Å². The third-order valence-corrected chi connectivity index (χ3v) is 4.94. The number of hydrogen-bond acceptors (Lipinski definition) is 3. The van der Waals surface area contributed by atoms with Crippen molar-refractivity contribution in [1.29, 1.82) is 0 Å². The van der Waals surface area contributed by atoms with Gasteiger partial charge in [-0.3, -0.25) is 0 Å². The third kappa shape index (κ3) is 7.08. The highest BCUT2D eigenvalue weighted by atomic mass is 19.4. The number of carbonyl (C=O) groups is 1. The first-order chi connectivity index (χ1) is 12.8. The molecule has 0 spiro atoms. The lowest BCUT2D eigenvalue weighted by Gasteiger charge is -2.24. The van der Waals surface area contributed by atoms with E-state index in [1.807, 2.05) is 0 Å². The van der Waals surface area contributed by atoms with E-state index in [4.69, 9.17) is 4.74 Å². The molecule has 154 valence electrons. The van der Waals surface area contributed by atoms with Gasteiger partial charge in [0.05, 0.1) is 5.70 Å². The summed E-state index contributed by atoms with van der Waals surface area (Å²) in [5, 5.41) is 8.63. The number of hydrogen-bond donors (Lipinski definition) is 3. The monoisotopic (exact) mass is 389 g/mol. The van der Waals surface area contributed by atoms with Crippen molar-refractivity contribution in [1.82, 2.24) is 16.0 Å². The second-order valence-corrected chi connectivity index (χ2v) is 7.18. The Hall–Kier alpha value is -1.70. The zero-order valence-electron chi connectivity index (χ0n) is 16.0. The van der Waals surface area contributed by atoms with E-state index >= 15 is 0 Å². The van der Waals surface area contributed by atoms with Crippen molar-refractivity contribution in [3.05, 3.63) is 23.1 Å². The molecule has 1 saturated heterocycles. The molecular formula is C19H30F3N3O2. The molecule has 1 saturated carbocycles. The highest BCUT2D eigenvalue weighted by Gasteiger charge is 2.31. The first-order valence-corrected chi connectivity index (χ1v) is 9.73. The largest absolute Gasteiger partial charge is 0.491 e. The predicted molar refractivity (Wildman–Crippen MR) is 98.0 cm³/mol. The Morgan fingerprint density at radius 2 is 1.93 bits per heavy atom. The van der Waals surface area contributed by atoms with Gasteiger partial charge in [0.2, 0.25) is 0 Å². The van der Waals surface area contributed by atoms with Crippen LogP contribution < -0.4 is 16.0 Å². The minimum absolute atomic E-state index is 0.0673. The van der Waals surface area contributed by atoms with Crippen LogP contribution >= 0.6 is 0 Å². The Morgan fingerprint density at radius 1 is 1.22 bits per heavy atom. The van der Waals surface area contributed by atoms with Crippen LogP contribution in [0.1, 0.15) is 58.8 Å². The van der Waals surface area contributed by atoms with Crippen LogP contribution in [-0.4, -0.2) is 37.4 Å². The lowest BCUT2D eigenvalue weighted by molar-refractivity contribution is -0.0914. The summed E-state index contributed by atoms with van der Waals surface area (Å²) in [6, 6.07) is -0.417. The van der Waals surface area contributed by atoms with Gasteiger partial charge in [0.1, 0.15) is 11.9 Å². The van der Waals surface area contributed by atoms with Crippen LogP contribution in [0.3, 0.4) is 0 Å². The van der Waals surface area contributed by atoms with Gasteiger partial charge < -0.3 is 20.7 Å². The zero-order valence-corrected chi connectivity index (χ0v) is 16.0. The van der Waals surface area contributed by atoms with Gasteiger partial charge in [-0.25, -0.2) is 4.79 Å². The van der Waals surface area contributed by atoms with Gasteiger partial charge in [-0.2, -0.15) is 13.2 Å². The summed E-state index contributed by atoms with van der Waals surface area (Å²) < 4.78 is 45.0. The Morgan fingerprint density at radius 3 is 2.48 bits per heavy atom. The molecule has 8 heteroatoms. The fourth-order valence-corrected chi connectivity index (χ4v) is 3.34. The molecule has 2 amide bonds. The molecule has 0 bridgehead atoms. The predicted octanol–water partition coefficient (Wildman–Crippen LogP) is 4.13. The van der Waals surface area contributed by atoms with Crippen LogP contribution in [0.4, 0.5) is 18.0 Å². The maximum Gasteiger partial charge on any atom is 0.412 e. The summed E-state index contributed by atoms with van der Waals surface area (Å²) in [6.07, 6.45) is 2.63. The van der Waals surface area contributed by atoms with E-state index in [2.05, 4.69) is 16.0 Å². The topological polar surface area (TPSA) is 62.4 Å². The standard InChI is InChI=1S/C19H30F3N3O2/c1-3-17(27-15-9-10-23-12-15)16(11-13(2)19(20,21)22)25-18(26)24-14-7-5-4-6-8-14/h11,14-15,23H,3-10,12H2,1-2H3,(H2,24,25,26)/b13-11+,17-16-. The number of rotatable bonds is 6. The van der Waals surface area contributed by atoms with E-state index in [1.54, 1.807) is 6.92 Å². The van der Waals surface area contributed by atoms with E-state index in [0.717, 1.165) is 58.1 Å². The normalized spacial score (nSPS) is 23.0. The number of alkyl halides is 3. The number of amides is 2. The van der Waals surface area contributed by atoms with E-state index in [0.29, 0.717) is 18.7 Å². The van der Waals surface area contributed by atoms with Crippen molar-refractivity contribution in [3.63, 3.8) is 0 Å². The number of halogens is 3. The average molecular weight is 389 g/mol. The Balaban J connectivity index is 2.16. The van der Waals surface area contributed by atoms with Gasteiger partial charge in [-0.15, -0.1) is 0 Å². The minimum Gasteiger partial charge on any atom is -0.491 e. The molecule has 1 aliphatic carbocycles. The fraction of sp³-hybridized carbons (Fsp3) is 0.737. The van der Waals surface area contributed by atoms with Crippen LogP contribution in [0.5, 0.6) is 0 Å². The van der Waals surface area contributed by atoms with Crippen molar-refractivity contribution in [2.24, 2.45) is 0 Å². The highest BCUT2D eigenvalue weighted by molar-refractivity contribution is 5.77. The maximum absolute atomic E-state index is 13.0. The first kappa shape index (κ1) is 21.6. The van der Waals surface area contributed by atoms with Crippen molar-refractivity contribution in [2.75, 3.05) is 13.1 Å². The second kappa shape index (κ2) is 10.0. The van der Waals surface area contributed by atoms with E-state index in [9.17, 15) is 18.0 Å². The van der Waals surface area contributed by atoms with Gasteiger partial charge in [0, 0.05) is 24.6 Å². The zero-order chi connectivity index (χ0) is 19.9. The average Bonchev–Trinajstić information content (AvgIpc) is 3.12.